The third-order valence-corrected chi connectivity index (χ3v) is 4.15. The van der Waals surface area contributed by atoms with Crippen LogP contribution in [0.25, 0.3) is 0 Å². The molecule has 0 unspecified atom stereocenters. The average Bonchev–Trinajstić information content (AvgIpc) is 2.75. The first-order valence-electron chi connectivity index (χ1n) is 7.35. The molecule has 2 fully saturated rings. The van der Waals surface area contributed by atoms with Gasteiger partial charge in [-0.1, -0.05) is 25.7 Å². The second kappa shape index (κ2) is 7.12. The number of aldehydes is 1. The molecule has 0 saturated carbocycles. The summed E-state index contributed by atoms with van der Waals surface area (Å²) in [5.41, 5.74) is 0. The Balaban J connectivity index is 1.94. The molecule has 3 heteroatoms. The maximum Gasteiger partial charge on any atom is 0.151 e. The van der Waals surface area contributed by atoms with E-state index in [1.807, 2.05) is 0 Å². The average molecular weight is 238 g/mol. The van der Waals surface area contributed by atoms with Crippen molar-refractivity contribution in [2.24, 2.45) is 0 Å². The van der Waals surface area contributed by atoms with Gasteiger partial charge in [0.1, 0.15) is 6.17 Å². The zero-order valence-electron chi connectivity index (χ0n) is 10.9. The van der Waals surface area contributed by atoms with Gasteiger partial charge in [0.15, 0.2) is 6.29 Å². The molecule has 0 radical (unpaired) electrons. The van der Waals surface area contributed by atoms with Crippen LogP contribution in [0.4, 0.5) is 0 Å². The van der Waals surface area contributed by atoms with Crippen molar-refractivity contribution in [3.63, 3.8) is 0 Å². The lowest BCUT2D eigenvalue weighted by Crippen LogP contribution is -2.50. The number of hydrogen-bond donors (Lipinski definition) is 0. The third-order valence-electron chi connectivity index (χ3n) is 4.15. The van der Waals surface area contributed by atoms with Crippen LogP contribution < -0.4 is 0 Å². The number of likely N-dealkylation sites (tertiary alicyclic amines) is 2. The number of hydrogen-bond acceptors (Lipinski definition) is 3. The van der Waals surface area contributed by atoms with Crippen molar-refractivity contribution < 1.29 is 4.79 Å². The standard InChI is InChI=1S/C14H26N2O/c17-13-14(15-9-5-1-2-6-10-15)16-11-7-3-4-8-12-16/h13-14H,1-12H2. The molecule has 0 spiro atoms. The SMILES string of the molecule is O=CC(N1CCCCCC1)N1CCCCCC1. The predicted molar refractivity (Wildman–Crippen MR) is 69.9 cm³/mol. The van der Waals surface area contributed by atoms with E-state index in [4.69, 9.17) is 0 Å². The minimum atomic E-state index is 0.0613. The van der Waals surface area contributed by atoms with Crippen molar-refractivity contribution in [1.82, 2.24) is 9.80 Å². The molecule has 0 amide bonds. The Morgan fingerprint density at radius 2 is 1.00 bits per heavy atom. The molecule has 2 saturated heterocycles. The molecule has 98 valence electrons. The Morgan fingerprint density at radius 1 is 0.647 bits per heavy atom. The summed E-state index contributed by atoms with van der Waals surface area (Å²) in [5.74, 6) is 0. The summed E-state index contributed by atoms with van der Waals surface area (Å²) in [4.78, 5) is 16.3. The Bertz CT molecular complexity index is 196. The largest absolute Gasteiger partial charge is 0.300 e. The van der Waals surface area contributed by atoms with E-state index in [9.17, 15) is 4.79 Å². The summed E-state index contributed by atoms with van der Waals surface area (Å²) in [5, 5.41) is 0. The van der Waals surface area contributed by atoms with Gasteiger partial charge >= 0.3 is 0 Å². The van der Waals surface area contributed by atoms with Gasteiger partial charge < -0.3 is 4.79 Å². The fourth-order valence-corrected chi connectivity index (χ4v) is 3.12. The summed E-state index contributed by atoms with van der Waals surface area (Å²) in [7, 11) is 0. The van der Waals surface area contributed by atoms with Crippen LogP contribution in [0.2, 0.25) is 0 Å². The first-order chi connectivity index (χ1) is 8.42. The van der Waals surface area contributed by atoms with Crippen LogP contribution in [0.15, 0.2) is 0 Å². The van der Waals surface area contributed by atoms with Crippen LogP contribution in [0.3, 0.4) is 0 Å². The van der Waals surface area contributed by atoms with E-state index in [1.165, 1.54) is 57.7 Å². The van der Waals surface area contributed by atoms with Crippen LogP contribution in [0, 0.1) is 0 Å². The highest BCUT2D eigenvalue weighted by atomic mass is 16.1. The lowest BCUT2D eigenvalue weighted by atomic mass is 10.2. The fourth-order valence-electron chi connectivity index (χ4n) is 3.12. The smallest absolute Gasteiger partial charge is 0.151 e. The minimum Gasteiger partial charge on any atom is -0.300 e. The van der Waals surface area contributed by atoms with Gasteiger partial charge in [0.25, 0.3) is 0 Å². The number of carbonyl (C=O) groups excluding carboxylic acids is 1. The molecule has 2 rings (SSSR count). The predicted octanol–water partition coefficient (Wildman–Crippen LogP) is 2.26. The van der Waals surface area contributed by atoms with E-state index in [1.54, 1.807) is 0 Å². The molecular weight excluding hydrogens is 212 g/mol. The molecule has 2 heterocycles. The summed E-state index contributed by atoms with van der Waals surface area (Å²) in [6.07, 6.45) is 11.6. The molecular formula is C14H26N2O. The van der Waals surface area contributed by atoms with Gasteiger partial charge in [-0.05, 0) is 25.7 Å². The molecule has 0 aromatic heterocycles. The van der Waals surface area contributed by atoms with Crippen molar-refractivity contribution in [2.45, 2.75) is 57.5 Å². The highest BCUT2D eigenvalue weighted by Gasteiger charge is 2.25. The molecule has 2 aliphatic heterocycles. The highest BCUT2D eigenvalue weighted by molar-refractivity contribution is 5.57. The molecule has 3 nitrogen and oxygen atoms in total. The van der Waals surface area contributed by atoms with Crippen LogP contribution >= 0.6 is 0 Å². The summed E-state index contributed by atoms with van der Waals surface area (Å²) in [6, 6.07) is 0. The number of nitrogens with zero attached hydrogens (tertiary/aromatic N) is 2. The summed E-state index contributed by atoms with van der Waals surface area (Å²) >= 11 is 0. The first kappa shape index (κ1) is 13.0. The normalized spacial score (nSPS) is 25.5. The van der Waals surface area contributed by atoms with Crippen molar-refractivity contribution in [1.29, 1.82) is 0 Å². The van der Waals surface area contributed by atoms with Crippen molar-refractivity contribution in [3.8, 4) is 0 Å². The molecule has 17 heavy (non-hydrogen) atoms. The Kier molecular flexibility index (Phi) is 5.46. The van der Waals surface area contributed by atoms with E-state index in [-0.39, 0.29) is 6.17 Å². The quantitative estimate of drug-likeness (QED) is 0.705. The third kappa shape index (κ3) is 3.78. The van der Waals surface area contributed by atoms with Crippen LogP contribution in [0.5, 0.6) is 0 Å². The topological polar surface area (TPSA) is 23.6 Å². The maximum absolute atomic E-state index is 11.4. The van der Waals surface area contributed by atoms with Gasteiger partial charge in [0.05, 0.1) is 0 Å². The molecule has 0 atom stereocenters. The van der Waals surface area contributed by atoms with Crippen molar-refractivity contribution in [3.05, 3.63) is 0 Å². The second-order valence-corrected chi connectivity index (χ2v) is 5.45. The number of rotatable bonds is 3. The number of carbonyl (C=O) groups is 1. The van der Waals surface area contributed by atoms with Crippen LogP contribution in [-0.4, -0.2) is 48.4 Å². The van der Waals surface area contributed by atoms with Gasteiger partial charge in [-0.2, -0.15) is 0 Å². The minimum absolute atomic E-state index is 0.0613. The maximum atomic E-state index is 11.4. The Labute approximate surface area is 105 Å². The summed E-state index contributed by atoms with van der Waals surface area (Å²) < 4.78 is 0. The molecule has 0 bridgehead atoms. The molecule has 0 N–H and O–H groups in total. The summed E-state index contributed by atoms with van der Waals surface area (Å²) in [6.45, 7) is 4.44. The van der Waals surface area contributed by atoms with Gasteiger partial charge in [0, 0.05) is 26.2 Å². The monoisotopic (exact) mass is 238 g/mol. The second-order valence-electron chi connectivity index (χ2n) is 5.45. The molecule has 0 aromatic carbocycles. The Hall–Kier alpha value is -0.410. The van der Waals surface area contributed by atoms with Gasteiger partial charge in [-0.15, -0.1) is 0 Å². The van der Waals surface area contributed by atoms with Crippen LogP contribution in [-0.2, 0) is 4.79 Å². The van der Waals surface area contributed by atoms with Crippen LogP contribution in [0.1, 0.15) is 51.4 Å². The van der Waals surface area contributed by atoms with E-state index >= 15 is 0 Å². The van der Waals surface area contributed by atoms with Crippen molar-refractivity contribution in [2.75, 3.05) is 26.2 Å². The first-order valence-corrected chi connectivity index (χ1v) is 7.35. The van der Waals surface area contributed by atoms with Gasteiger partial charge in [0.2, 0.25) is 0 Å². The van der Waals surface area contributed by atoms with E-state index in [0.717, 1.165) is 26.2 Å². The van der Waals surface area contributed by atoms with Crippen molar-refractivity contribution >= 4 is 6.29 Å². The highest BCUT2D eigenvalue weighted by Crippen LogP contribution is 2.17. The Morgan fingerprint density at radius 3 is 1.29 bits per heavy atom. The van der Waals surface area contributed by atoms with E-state index in [0.29, 0.717) is 0 Å². The molecule has 0 aliphatic carbocycles. The fraction of sp³-hybridized carbons (Fsp3) is 0.929. The molecule has 2 aliphatic rings. The lowest BCUT2D eigenvalue weighted by Gasteiger charge is -2.35. The van der Waals surface area contributed by atoms with E-state index in [2.05, 4.69) is 9.80 Å². The zero-order valence-corrected chi connectivity index (χ0v) is 10.9. The zero-order chi connectivity index (χ0) is 11.9. The van der Waals surface area contributed by atoms with Gasteiger partial charge in [-0.3, -0.25) is 9.80 Å². The van der Waals surface area contributed by atoms with E-state index < -0.39 is 0 Å². The molecule has 0 aromatic rings. The lowest BCUT2D eigenvalue weighted by molar-refractivity contribution is -0.119. The van der Waals surface area contributed by atoms with Gasteiger partial charge in [-0.25, -0.2) is 0 Å².